The van der Waals surface area contributed by atoms with E-state index in [1.54, 1.807) is 0 Å². The average molecular weight is 443 g/mol. The van der Waals surface area contributed by atoms with Crippen molar-refractivity contribution in [1.82, 2.24) is 0 Å². The zero-order chi connectivity index (χ0) is 21.2. The van der Waals surface area contributed by atoms with Crippen LogP contribution in [0.1, 0.15) is 36.8 Å². The highest BCUT2D eigenvalue weighted by Gasteiger charge is 2.20. The van der Waals surface area contributed by atoms with Crippen LogP contribution in [0.2, 0.25) is 0 Å². The molecular weight excluding hydrogens is 415 g/mol. The molecule has 0 saturated heterocycles. The summed E-state index contributed by atoms with van der Waals surface area (Å²) < 4.78 is 11.5. The van der Waals surface area contributed by atoms with Crippen molar-refractivity contribution in [2.75, 3.05) is 12.5 Å². The van der Waals surface area contributed by atoms with E-state index >= 15 is 0 Å². The summed E-state index contributed by atoms with van der Waals surface area (Å²) in [6.07, 6.45) is 2.96. The zero-order valence-electron chi connectivity index (χ0n) is 17.3. The minimum absolute atomic E-state index is 0.0997. The Balaban J connectivity index is 1.60. The Morgan fingerprint density at radius 1 is 0.833 bits per heavy atom. The van der Waals surface area contributed by atoms with Crippen molar-refractivity contribution in [2.24, 2.45) is 0 Å². The summed E-state index contributed by atoms with van der Waals surface area (Å²) in [5.74, 6) is 3.23. The molecule has 2 unspecified atom stereocenters. The first-order chi connectivity index (χ1) is 14.7. The minimum atomic E-state index is -0.0997. The monoisotopic (exact) mass is 442 g/mol. The predicted molar refractivity (Wildman–Crippen MR) is 127 cm³/mol. The lowest BCUT2D eigenvalue weighted by atomic mass is 9.90. The molecule has 0 aliphatic carbocycles. The molecule has 2 nitrogen and oxygen atoms in total. The van der Waals surface area contributed by atoms with Gasteiger partial charge in [0.25, 0.3) is 0 Å². The summed E-state index contributed by atoms with van der Waals surface area (Å²) >= 11 is 12.7. The maximum atomic E-state index is 6.58. The summed E-state index contributed by atoms with van der Waals surface area (Å²) in [5.41, 5.74) is 2.46. The van der Waals surface area contributed by atoms with Crippen LogP contribution in [0, 0.1) is 0 Å². The van der Waals surface area contributed by atoms with E-state index in [0.717, 1.165) is 36.5 Å². The lowest BCUT2D eigenvalue weighted by Crippen LogP contribution is -2.15. The molecule has 4 heteroatoms. The van der Waals surface area contributed by atoms with Gasteiger partial charge in [-0.15, -0.1) is 23.2 Å². The second-order valence-corrected chi connectivity index (χ2v) is 8.10. The standard InChI is InChI=1S/C26H28Cl2O2/c1-2-29-22-16-14-21(15-17-22)25(26(28)19-27)13-7-9-20-8-6-12-24(18-20)30-23-10-4-3-5-11-23/h3-6,8,10-12,14-18,25-26H,2,7,9,13,19H2,1H3. The first kappa shape index (κ1) is 22.5. The molecule has 0 heterocycles. The largest absolute Gasteiger partial charge is 0.494 e. The summed E-state index contributed by atoms with van der Waals surface area (Å²) in [6.45, 7) is 2.65. The summed E-state index contributed by atoms with van der Waals surface area (Å²) in [6, 6.07) is 26.3. The van der Waals surface area contributed by atoms with Crippen molar-refractivity contribution in [3.8, 4) is 17.2 Å². The Bertz CT molecular complexity index is 881. The highest BCUT2D eigenvalue weighted by atomic mass is 35.5. The van der Waals surface area contributed by atoms with Gasteiger partial charge in [-0.2, -0.15) is 0 Å². The van der Waals surface area contributed by atoms with Crippen molar-refractivity contribution < 1.29 is 9.47 Å². The van der Waals surface area contributed by atoms with Crippen molar-refractivity contribution in [1.29, 1.82) is 0 Å². The molecule has 0 bridgehead atoms. The Hall–Kier alpha value is -2.16. The van der Waals surface area contributed by atoms with Crippen LogP contribution < -0.4 is 9.47 Å². The van der Waals surface area contributed by atoms with E-state index in [1.165, 1.54) is 11.1 Å². The molecule has 3 rings (SSSR count). The Morgan fingerprint density at radius 2 is 1.57 bits per heavy atom. The minimum Gasteiger partial charge on any atom is -0.494 e. The number of alkyl halides is 2. The fraction of sp³-hybridized carbons (Fsp3) is 0.308. The van der Waals surface area contributed by atoms with Gasteiger partial charge in [0, 0.05) is 11.8 Å². The van der Waals surface area contributed by atoms with E-state index in [0.29, 0.717) is 12.5 Å². The quantitative estimate of drug-likeness (QED) is 0.281. The van der Waals surface area contributed by atoms with Gasteiger partial charge in [-0.05, 0) is 73.7 Å². The zero-order valence-corrected chi connectivity index (χ0v) is 18.8. The summed E-state index contributed by atoms with van der Waals surface area (Å²) in [5, 5.41) is -0.0997. The number of para-hydroxylation sites is 1. The first-order valence-corrected chi connectivity index (χ1v) is 11.4. The van der Waals surface area contributed by atoms with Crippen LogP contribution in [0.3, 0.4) is 0 Å². The van der Waals surface area contributed by atoms with E-state index in [9.17, 15) is 0 Å². The second kappa shape index (κ2) is 11.9. The highest BCUT2D eigenvalue weighted by molar-refractivity contribution is 6.28. The second-order valence-electron chi connectivity index (χ2n) is 7.23. The molecule has 0 N–H and O–H groups in total. The maximum absolute atomic E-state index is 6.58. The number of benzene rings is 3. The lowest BCUT2D eigenvalue weighted by Gasteiger charge is -2.21. The SMILES string of the molecule is CCOc1ccc(C(CCCc2cccc(Oc3ccccc3)c2)C(Cl)CCl)cc1. The number of hydrogen-bond donors (Lipinski definition) is 0. The van der Waals surface area contributed by atoms with Gasteiger partial charge in [0.1, 0.15) is 17.2 Å². The molecule has 0 saturated carbocycles. The number of halogens is 2. The maximum Gasteiger partial charge on any atom is 0.127 e. The first-order valence-electron chi connectivity index (χ1n) is 10.4. The van der Waals surface area contributed by atoms with Crippen LogP contribution in [-0.4, -0.2) is 17.9 Å². The van der Waals surface area contributed by atoms with Crippen LogP contribution in [-0.2, 0) is 6.42 Å². The lowest BCUT2D eigenvalue weighted by molar-refractivity contribution is 0.340. The molecule has 0 amide bonds. The van der Waals surface area contributed by atoms with Crippen LogP contribution in [0.25, 0.3) is 0 Å². The Morgan fingerprint density at radius 3 is 2.27 bits per heavy atom. The van der Waals surface area contributed by atoms with E-state index in [1.807, 2.05) is 61.5 Å². The van der Waals surface area contributed by atoms with Gasteiger partial charge in [0.05, 0.1) is 12.0 Å². The number of hydrogen-bond acceptors (Lipinski definition) is 2. The fourth-order valence-electron chi connectivity index (χ4n) is 3.56. The topological polar surface area (TPSA) is 18.5 Å². The molecule has 3 aromatic rings. The Labute approximate surface area is 189 Å². The third-order valence-corrected chi connectivity index (χ3v) is 6.01. The van der Waals surface area contributed by atoms with Gasteiger partial charge >= 0.3 is 0 Å². The van der Waals surface area contributed by atoms with E-state index < -0.39 is 0 Å². The molecular formula is C26H28Cl2O2. The van der Waals surface area contributed by atoms with Crippen molar-refractivity contribution in [3.63, 3.8) is 0 Å². The number of aryl methyl sites for hydroxylation is 1. The molecule has 30 heavy (non-hydrogen) atoms. The molecule has 2 atom stereocenters. The summed E-state index contributed by atoms with van der Waals surface area (Å²) in [4.78, 5) is 0. The molecule has 0 aliphatic rings. The molecule has 0 radical (unpaired) electrons. The molecule has 3 aromatic carbocycles. The fourth-order valence-corrected chi connectivity index (χ4v) is 4.04. The summed E-state index contributed by atoms with van der Waals surface area (Å²) in [7, 11) is 0. The molecule has 0 fully saturated rings. The van der Waals surface area contributed by atoms with Gasteiger partial charge in [0.2, 0.25) is 0 Å². The van der Waals surface area contributed by atoms with Crippen LogP contribution in [0.15, 0.2) is 78.9 Å². The normalized spacial score (nSPS) is 12.9. The molecule has 0 aromatic heterocycles. The smallest absolute Gasteiger partial charge is 0.127 e. The van der Waals surface area contributed by atoms with Crippen LogP contribution in [0.4, 0.5) is 0 Å². The highest BCUT2D eigenvalue weighted by Crippen LogP contribution is 2.31. The predicted octanol–water partition coefficient (Wildman–Crippen LogP) is 7.83. The van der Waals surface area contributed by atoms with Gasteiger partial charge < -0.3 is 9.47 Å². The van der Waals surface area contributed by atoms with Crippen molar-refractivity contribution >= 4 is 23.2 Å². The van der Waals surface area contributed by atoms with Crippen molar-refractivity contribution in [3.05, 3.63) is 90.0 Å². The third-order valence-electron chi connectivity index (χ3n) is 5.06. The van der Waals surface area contributed by atoms with Gasteiger partial charge in [0.15, 0.2) is 0 Å². The number of rotatable bonds is 11. The van der Waals surface area contributed by atoms with Crippen LogP contribution >= 0.6 is 23.2 Å². The van der Waals surface area contributed by atoms with Crippen LogP contribution in [0.5, 0.6) is 17.2 Å². The average Bonchev–Trinajstić information content (AvgIpc) is 2.78. The van der Waals surface area contributed by atoms with E-state index in [-0.39, 0.29) is 11.3 Å². The molecule has 158 valence electrons. The van der Waals surface area contributed by atoms with E-state index in [2.05, 4.69) is 24.3 Å². The van der Waals surface area contributed by atoms with Gasteiger partial charge in [-0.25, -0.2) is 0 Å². The van der Waals surface area contributed by atoms with E-state index in [4.69, 9.17) is 32.7 Å². The third kappa shape index (κ3) is 6.68. The Kier molecular flexibility index (Phi) is 8.92. The molecule has 0 spiro atoms. The van der Waals surface area contributed by atoms with Crippen molar-refractivity contribution in [2.45, 2.75) is 37.5 Å². The van der Waals surface area contributed by atoms with Gasteiger partial charge in [-0.3, -0.25) is 0 Å². The van der Waals surface area contributed by atoms with Gasteiger partial charge in [-0.1, -0.05) is 42.5 Å². The molecule has 0 aliphatic heterocycles. The number of ether oxygens (including phenoxy) is 2.